The van der Waals surface area contributed by atoms with Crippen molar-refractivity contribution in [3.63, 3.8) is 0 Å². The molecule has 0 saturated heterocycles. The number of nitrogens with zero attached hydrogens (tertiary/aromatic N) is 3. The van der Waals surface area contributed by atoms with Crippen molar-refractivity contribution in [2.24, 2.45) is 7.05 Å². The molecular formula is C15H11FN3O. The summed E-state index contributed by atoms with van der Waals surface area (Å²) in [7, 11) is 1.81. The first-order valence-electron chi connectivity index (χ1n) is 6.02. The number of aryl methyl sites for hydroxylation is 1. The number of ether oxygens (including phenoxy) is 1. The van der Waals surface area contributed by atoms with Crippen LogP contribution in [-0.2, 0) is 7.05 Å². The minimum Gasteiger partial charge on any atom is -0.457 e. The molecule has 3 aromatic rings. The highest BCUT2D eigenvalue weighted by atomic mass is 19.1. The van der Waals surface area contributed by atoms with Crippen molar-refractivity contribution in [3.8, 4) is 22.8 Å². The van der Waals surface area contributed by atoms with Crippen LogP contribution in [0.5, 0.6) is 11.5 Å². The molecule has 4 nitrogen and oxygen atoms in total. The van der Waals surface area contributed by atoms with Crippen LogP contribution in [-0.4, -0.2) is 15.0 Å². The predicted octanol–water partition coefficient (Wildman–Crippen LogP) is 3.21. The summed E-state index contributed by atoms with van der Waals surface area (Å²) in [6.45, 7) is 0. The number of benzene rings is 2. The van der Waals surface area contributed by atoms with Crippen LogP contribution in [0.3, 0.4) is 0 Å². The summed E-state index contributed by atoms with van der Waals surface area (Å²) in [6, 6.07) is 14.2. The van der Waals surface area contributed by atoms with E-state index in [2.05, 4.69) is 16.4 Å². The minimum atomic E-state index is -0.451. The molecular weight excluding hydrogens is 257 g/mol. The van der Waals surface area contributed by atoms with Gasteiger partial charge in [-0.1, -0.05) is 17.3 Å². The summed E-state index contributed by atoms with van der Waals surface area (Å²) in [4.78, 5) is 0. The average molecular weight is 268 g/mol. The van der Waals surface area contributed by atoms with Crippen LogP contribution in [0.25, 0.3) is 11.3 Å². The number of aromatic nitrogens is 3. The van der Waals surface area contributed by atoms with Gasteiger partial charge in [0, 0.05) is 24.7 Å². The second-order valence-corrected chi connectivity index (χ2v) is 4.28. The molecule has 2 aromatic carbocycles. The van der Waals surface area contributed by atoms with Gasteiger partial charge in [-0.3, -0.25) is 4.68 Å². The van der Waals surface area contributed by atoms with Gasteiger partial charge in [-0.25, -0.2) is 4.39 Å². The van der Waals surface area contributed by atoms with Crippen LogP contribution >= 0.6 is 0 Å². The van der Waals surface area contributed by atoms with Crippen LogP contribution in [0.2, 0.25) is 0 Å². The molecule has 0 saturated carbocycles. The normalized spacial score (nSPS) is 10.5. The topological polar surface area (TPSA) is 39.9 Å². The van der Waals surface area contributed by atoms with Gasteiger partial charge in [-0.2, -0.15) is 0 Å². The molecule has 3 rings (SSSR count). The summed E-state index contributed by atoms with van der Waals surface area (Å²) in [5, 5.41) is 7.93. The molecule has 0 aliphatic rings. The molecule has 1 aromatic heterocycles. The zero-order valence-electron chi connectivity index (χ0n) is 10.7. The fourth-order valence-electron chi connectivity index (χ4n) is 1.82. The van der Waals surface area contributed by atoms with Crippen molar-refractivity contribution in [1.29, 1.82) is 0 Å². The lowest BCUT2D eigenvalue weighted by Gasteiger charge is -2.06. The highest BCUT2D eigenvalue weighted by molar-refractivity contribution is 5.60. The largest absolute Gasteiger partial charge is 0.457 e. The van der Waals surface area contributed by atoms with Gasteiger partial charge < -0.3 is 4.74 Å². The monoisotopic (exact) mass is 268 g/mol. The van der Waals surface area contributed by atoms with E-state index in [1.54, 1.807) is 23.9 Å². The van der Waals surface area contributed by atoms with E-state index in [1.165, 1.54) is 12.1 Å². The van der Waals surface area contributed by atoms with Crippen LogP contribution < -0.4 is 4.74 Å². The van der Waals surface area contributed by atoms with Crippen molar-refractivity contribution < 1.29 is 9.13 Å². The van der Waals surface area contributed by atoms with Gasteiger partial charge in [0.15, 0.2) is 0 Å². The van der Waals surface area contributed by atoms with Crippen LogP contribution in [0.15, 0.2) is 48.7 Å². The maximum absolute atomic E-state index is 13.1. The second kappa shape index (κ2) is 5.13. The zero-order chi connectivity index (χ0) is 13.9. The molecule has 0 amide bonds. The molecule has 5 heteroatoms. The quantitative estimate of drug-likeness (QED) is 0.732. The van der Waals surface area contributed by atoms with Crippen molar-refractivity contribution in [3.05, 3.63) is 60.5 Å². The highest BCUT2D eigenvalue weighted by Gasteiger charge is 2.05. The van der Waals surface area contributed by atoms with E-state index in [1.807, 2.05) is 24.4 Å². The van der Waals surface area contributed by atoms with Gasteiger partial charge in [-0.15, -0.1) is 5.10 Å². The van der Waals surface area contributed by atoms with E-state index >= 15 is 0 Å². The smallest absolute Gasteiger partial charge is 0.134 e. The van der Waals surface area contributed by atoms with Crippen LogP contribution in [0.4, 0.5) is 4.39 Å². The highest BCUT2D eigenvalue weighted by Crippen LogP contribution is 2.26. The zero-order valence-corrected chi connectivity index (χ0v) is 10.7. The van der Waals surface area contributed by atoms with Gasteiger partial charge in [0.05, 0.1) is 6.20 Å². The summed E-state index contributed by atoms with van der Waals surface area (Å²) >= 11 is 0. The third-order valence-electron chi connectivity index (χ3n) is 2.71. The Morgan fingerprint density at radius 1 is 1.20 bits per heavy atom. The first-order chi connectivity index (χ1) is 9.70. The number of halogens is 1. The van der Waals surface area contributed by atoms with E-state index < -0.39 is 5.82 Å². The lowest BCUT2D eigenvalue weighted by Crippen LogP contribution is -1.86. The Morgan fingerprint density at radius 2 is 2.05 bits per heavy atom. The van der Waals surface area contributed by atoms with Crippen molar-refractivity contribution in [2.75, 3.05) is 0 Å². The van der Waals surface area contributed by atoms with E-state index in [4.69, 9.17) is 4.74 Å². The van der Waals surface area contributed by atoms with Crippen LogP contribution in [0, 0.1) is 11.9 Å². The van der Waals surface area contributed by atoms with E-state index in [-0.39, 0.29) is 0 Å². The van der Waals surface area contributed by atoms with Gasteiger partial charge >= 0.3 is 0 Å². The molecule has 0 aliphatic carbocycles. The molecule has 0 bridgehead atoms. The minimum absolute atomic E-state index is 0.428. The summed E-state index contributed by atoms with van der Waals surface area (Å²) in [5.74, 6) is 0.587. The van der Waals surface area contributed by atoms with Crippen molar-refractivity contribution in [1.82, 2.24) is 15.0 Å². The maximum atomic E-state index is 13.1. The number of rotatable bonds is 3. The Morgan fingerprint density at radius 3 is 2.80 bits per heavy atom. The Labute approximate surface area is 115 Å². The van der Waals surface area contributed by atoms with Gasteiger partial charge in [0.2, 0.25) is 0 Å². The van der Waals surface area contributed by atoms with Crippen molar-refractivity contribution >= 4 is 0 Å². The third-order valence-corrected chi connectivity index (χ3v) is 2.71. The molecule has 99 valence electrons. The molecule has 1 heterocycles. The third kappa shape index (κ3) is 2.66. The Kier molecular flexibility index (Phi) is 3.16. The Balaban J connectivity index is 1.88. The fourth-order valence-corrected chi connectivity index (χ4v) is 1.82. The van der Waals surface area contributed by atoms with Gasteiger partial charge in [-0.05, 0) is 24.3 Å². The predicted molar refractivity (Wildman–Crippen MR) is 71.7 cm³/mol. The summed E-state index contributed by atoms with van der Waals surface area (Å²) in [5.41, 5.74) is 1.64. The molecule has 0 atom stereocenters. The molecule has 20 heavy (non-hydrogen) atoms. The van der Waals surface area contributed by atoms with E-state index in [0.717, 1.165) is 11.3 Å². The molecule has 0 N–H and O–H groups in total. The number of hydrogen-bond donors (Lipinski definition) is 0. The molecule has 1 radical (unpaired) electrons. The Bertz CT molecular complexity index is 739. The molecule has 0 aliphatic heterocycles. The first kappa shape index (κ1) is 12.3. The maximum Gasteiger partial charge on any atom is 0.134 e. The molecule has 0 fully saturated rings. The molecule has 0 spiro atoms. The van der Waals surface area contributed by atoms with Gasteiger partial charge in [0.25, 0.3) is 0 Å². The Hall–Kier alpha value is -2.69. The van der Waals surface area contributed by atoms with Gasteiger partial charge in [0.1, 0.15) is 23.0 Å². The van der Waals surface area contributed by atoms with Crippen molar-refractivity contribution in [2.45, 2.75) is 0 Å². The standard InChI is InChI=1S/C15H11FN3O/c1-19-10-15(17-18-19)11-4-2-6-13(8-11)20-14-7-3-5-12(16)9-14/h2-4,6-10H,1H3. The fraction of sp³-hybridized carbons (Fsp3) is 0.0667. The second-order valence-electron chi connectivity index (χ2n) is 4.28. The lowest BCUT2D eigenvalue weighted by molar-refractivity contribution is 0.477. The van der Waals surface area contributed by atoms with E-state index in [0.29, 0.717) is 11.5 Å². The number of hydrogen-bond acceptors (Lipinski definition) is 3. The van der Waals surface area contributed by atoms with Crippen LogP contribution in [0.1, 0.15) is 0 Å². The SMILES string of the molecule is Cn1cc(-c2cccc(Oc3cc[c]c(F)c3)c2)nn1. The summed E-state index contributed by atoms with van der Waals surface area (Å²) < 4.78 is 20.3. The average Bonchev–Trinajstić information content (AvgIpc) is 2.86. The first-order valence-corrected chi connectivity index (χ1v) is 6.02. The molecule has 0 unspecified atom stereocenters. The lowest BCUT2D eigenvalue weighted by atomic mass is 10.1. The van der Waals surface area contributed by atoms with E-state index in [9.17, 15) is 4.39 Å². The summed E-state index contributed by atoms with van der Waals surface area (Å²) in [6.07, 6.45) is 1.82.